The SMILES string of the molecule is Brc1cccc(OCCOc2cccc(Br)c2Br)c1Br. The molecule has 106 valence electrons. The standard InChI is InChI=1S/C14H10Br4O2/c15-9-3-1-5-11(13(9)17)19-7-8-20-12-6-2-4-10(16)14(12)18/h1-6H,7-8H2. The van der Waals surface area contributed by atoms with E-state index in [1.165, 1.54) is 0 Å². The van der Waals surface area contributed by atoms with Crippen molar-refractivity contribution in [1.82, 2.24) is 0 Å². The number of ether oxygens (including phenoxy) is 2. The number of halogens is 4. The summed E-state index contributed by atoms with van der Waals surface area (Å²) < 4.78 is 15.1. The van der Waals surface area contributed by atoms with Crippen LogP contribution in [-0.2, 0) is 0 Å². The van der Waals surface area contributed by atoms with Gasteiger partial charge >= 0.3 is 0 Å². The van der Waals surface area contributed by atoms with Gasteiger partial charge in [0.25, 0.3) is 0 Å². The van der Waals surface area contributed by atoms with Crippen LogP contribution in [-0.4, -0.2) is 13.2 Å². The van der Waals surface area contributed by atoms with Crippen LogP contribution in [0.2, 0.25) is 0 Å². The van der Waals surface area contributed by atoms with Gasteiger partial charge in [0.2, 0.25) is 0 Å². The molecular formula is C14H10Br4O2. The Morgan fingerprint density at radius 1 is 0.650 bits per heavy atom. The molecule has 0 saturated heterocycles. The summed E-state index contributed by atoms with van der Waals surface area (Å²) in [5.74, 6) is 1.58. The highest BCUT2D eigenvalue weighted by molar-refractivity contribution is 9.13. The molecule has 0 aliphatic carbocycles. The highest BCUT2D eigenvalue weighted by Gasteiger charge is 2.06. The fourth-order valence-electron chi connectivity index (χ4n) is 1.49. The minimum Gasteiger partial charge on any atom is -0.489 e. The largest absolute Gasteiger partial charge is 0.489 e. The topological polar surface area (TPSA) is 18.5 Å². The van der Waals surface area contributed by atoms with Crippen molar-refractivity contribution in [2.45, 2.75) is 0 Å². The van der Waals surface area contributed by atoms with E-state index in [4.69, 9.17) is 9.47 Å². The summed E-state index contributed by atoms with van der Waals surface area (Å²) in [7, 11) is 0. The summed E-state index contributed by atoms with van der Waals surface area (Å²) in [5, 5.41) is 0. The second-order valence-corrected chi connectivity index (χ2v) is 7.10. The average Bonchev–Trinajstić information content (AvgIpc) is 2.43. The van der Waals surface area contributed by atoms with Gasteiger partial charge in [-0.2, -0.15) is 0 Å². The van der Waals surface area contributed by atoms with Gasteiger partial charge in [0.05, 0.1) is 8.95 Å². The van der Waals surface area contributed by atoms with Crippen LogP contribution in [0.5, 0.6) is 11.5 Å². The van der Waals surface area contributed by atoms with Gasteiger partial charge in [-0.15, -0.1) is 0 Å². The van der Waals surface area contributed by atoms with Gasteiger partial charge in [0, 0.05) is 8.95 Å². The van der Waals surface area contributed by atoms with Crippen LogP contribution in [0.3, 0.4) is 0 Å². The maximum absolute atomic E-state index is 5.68. The van der Waals surface area contributed by atoms with Gasteiger partial charge in [0.1, 0.15) is 24.7 Å². The van der Waals surface area contributed by atoms with E-state index >= 15 is 0 Å². The van der Waals surface area contributed by atoms with E-state index in [1.807, 2.05) is 36.4 Å². The molecule has 0 unspecified atom stereocenters. The minimum atomic E-state index is 0.466. The first-order valence-electron chi connectivity index (χ1n) is 5.73. The van der Waals surface area contributed by atoms with Gasteiger partial charge in [-0.25, -0.2) is 0 Å². The summed E-state index contributed by atoms with van der Waals surface area (Å²) in [6.45, 7) is 0.933. The third-order valence-electron chi connectivity index (χ3n) is 2.43. The van der Waals surface area contributed by atoms with Crippen molar-refractivity contribution in [3.8, 4) is 11.5 Å². The van der Waals surface area contributed by atoms with E-state index in [2.05, 4.69) is 63.7 Å². The third-order valence-corrected chi connectivity index (χ3v) is 6.45. The first-order valence-corrected chi connectivity index (χ1v) is 8.90. The maximum Gasteiger partial charge on any atom is 0.134 e. The Labute approximate surface area is 151 Å². The number of rotatable bonds is 5. The highest BCUT2D eigenvalue weighted by Crippen LogP contribution is 2.33. The van der Waals surface area contributed by atoms with Gasteiger partial charge in [-0.1, -0.05) is 12.1 Å². The lowest BCUT2D eigenvalue weighted by Crippen LogP contribution is -2.09. The molecule has 0 atom stereocenters. The molecule has 2 rings (SSSR count). The van der Waals surface area contributed by atoms with Gasteiger partial charge < -0.3 is 9.47 Å². The van der Waals surface area contributed by atoms with Crippen LogP contribution in [0.4, 0.5) is 0 Å². The predicted molar refractivity (Wildman–Crippen MR) is 94.7 cm³/mol. The third kappa shape index (κ3) is 4.23. The summed E-state index contributed by atoms with van der Waals surface area (Å²) >= 11 is 13.8. The summed E-state index contributed by atoms with van der Waals surface area (Å²) in [4.78, 5) is 0. The van der Waals surface area contributed by atoms with E-state index in [1.54, 1.807) is 0 Å². The van der Waals surface area contributed by atoms with Crippen molar-refractivity contribution in [2.24, 2.45) is 0 Å². The van der Waals surface area contributed by atoms with Crippen LogP contribution in [0.25, 0.3) is 0 Å². The minimum absolute atomic E-state index is 0.466. The maximum atomic E-state index is 5.68. The van der Waals surface area contributed by atoms with Crippen LogP contribution >= 0.6 is 63.7 Å². The van der Waals surface area contributed by atoms with Crippen molar-refractivity contribution in [3.05, 3.63) is 54.3 Å². The van der Waals surface area contributed by atoms with E-state index in [9.17, 15) is 0 Å². The molecule has 2 aromatic rings. The van der Waals surface area contributed by atoms with Crippen molar-refractivity contribution in [1.29, 1.82) is 0 Å². The van der Waals surface area contributed by atoms with E-state index in [0.29, 0.717) is 13.2 Å². The molecule has 0 aliphatic heterocycles. The first kappa shape index (κ1) is 16.3. The van der Waals surface area contributed by atoms with Crippen LogP contribution in [0.1, 0.15) is 0 Å². The Hall–Kier alpha value is -0.0400. The summed E-state index contributed by atoms with van der Waals surface area (Å²) in [5.41, 5.74) is 0. The lowest BCUT2D eigenvalue weighted by atomic mass is 10.3. The molecule has 20 heavy (non-hydrogen) atoms. The van der Waals surface area contributed by atoms with Crippen LogP contribution in [0.15, 0.2) is 54.3 Å². The Morgan fingerprint density at radius 3 is 1.45 bits per heavy atom. The Kier molecular flexibility index (Phi) is 6.39. The smallest absolute Gasteiger partial charge is 0.134 e. The molecule has 6 heteroatoms. The van der Waals surface area contributed by atoms with Crippen molar-refractivity contribution in [2.75, 3.05) is 13.2 Å². The molecule has 0 aliphatic rings. The Balaban J connectivity index is 1.88. The zero-order chi connectivity index (χ0) is 14.5. The van der Waals surface area contributed by atoms with Crippen LogP contribution < -0.4 is 9.47 Å². The van der Waals surface area contributed by atoms with E-state index in [0.717, 1.165) is 29.4 Å². The van der Waals surface area contributed by atoms with Crippen LogP contribution in [0, 0.1) is 0 Å². The zero-order valence-corrected chi connectivity index (χ0v) is 16.6. The number of benzene rings is 2. The molecule has 0 bridgehead atoms. The monoisotopic (exact) mass is 526 g/mol. The number of hydrogen-bond acceptors (Lipinski definition) is 2. The number of hydrogen-bond donors (Lipinski definition) is 0. The second kappa shape index (κ2) is 7.82. The zero-order valence-electron chi connectivity index (χ0n) is 10.2. The van der Waals surface area contributed by atoms with Crippen molar-refractivity contribution >= 4 is 63.7 Å². The fraction of sp³-hybridized carbons (Fsp3) is 0.143. The molecule has 0 saturated carbocycles. The highest BCUT2D eigenvalue weighted by atomic mass is 79.9. The van der Waals surface area contributed by atoms with Gasteiger partial charge in [0.15, 0.2) is 0 Å². The first-order chi connectivity index (χ1) is 9.59. The molecule has 0 radical (unpaired) electrons. The van der Waals surface area contributed by atoms with Crippen molar-refractivity contribution < 1.29 is 9.47 Å². The lowest BCUT2D eigenvalue weighted by Gasteiger charge is -2.11. The molecule has 0 aromatic heterocycles. The lowest BCUT2D eigenvalue weighted by molar-refractivity contribution is 0.215. The molecular weight excluding hydrogens is 520 g/mol. The molecule has 2 nitrogen and oxygen atoms in total. The quantitative estimate of drug-likeness (QED) is 0.430. The van der Waals surface area contributed by atoms with E-state index < -0.39 is 0 Å². The normalized spacial score (nSPS) is 10.4. The molecule has 0 amide bonds. The molecule has 0 heterocycles. The fourth-order valence-corrected chi connectivity index (χ4v) is 2.95. The second-order valence-electron chi connectivity index (χ2n) is 3.80. The molecule has 0 fully saturated rings. The van der Waals surface area contributed by atoms with Gasteiger partial charge in [-0.3, -0.25) is 0 Å². The molecule has 0 spiro atoms. The summed E-state index contributed by atoms with van der Waals surface area (Å²) in [6, 6.07) is 11.6. The summed E-state index contributed by atoms with van der Waals surface area (Å²) in [6.07, 6.45) is 0. The average molecular weight is 530 g/mol. The van der Waals surface area contributed by atoms with Gasteiger partial charge in [-0.05, 0) is 88.0 Å². The molecule has 0 N–H and O–H groups in total. The molecule has 2 aromatic carbocycles. The van der Waals surface area contributed by atoms with E-state index in [-0.39, 0.29) is 0 Å². The predicted octanol–water partition coefficient (Wildman–Crippen LogP) is 6.19. The van der Waals surface area contributed by atoms with Crippen molar-refractivity contribution in [3.63, 3.8) is 0 Å². The Morgan fingerprint density at radius 2 is 1.05 bits per heavy atom. The Bertz CT molecular complexity index is 548.